The Morgan fingerprint density at radius 2 is 1.28 bits per heavy atom. The van der Waals surface area contributed by atoms with E-state index in [4.69, 9.17) is 23.7 Å². The summed E-state index contributed by atoms with van der Waals surface area (Å²) in [6.07, 6.45) is -1.72. The fourth-order valence-corrected chi connectivity index (χ4v) is 6.21. The monoisotopic (exact) mass is 550 g/mol. The van der Waals surface area contributed by atoms with Crippen LogP contribution in [0, 0.1) is 0 Å². The molecule has 0 radical (unpaired) electrons. The molecular weight excluding hydrogens is 512 g/mol. The van der Waals surface area contributed by atoms with E-state index in [0.29, 0.717) is 26.1 Å². The van der Waals surface area contributed by atoms with Crippen molar-refractivity contribution < 1.29 is 28.8 Å². The van der Waals surface area contributed by atoms with E-state index in [1.54, 1.807) is 11.8 Å². The lowest BCUT2D eigenvalue weighted by atomic mass is 10.0. The first-order chi connectivity index (χ1) is 19.0. The molecule has 39 heavy (non-hydrogen) atoms. The highest BCUT2D eigenvalue weighted by atomic mass is 32.2. The van der Waals surface area contributed by atoms with Gasteiger partial charge in [0, 0.05) is 17.7 Å². The van der Waals surface area contributed by atoms with Gasteiger partial charge in [0.05, 0.1) is 37.6 Å². The van der Waals surface area contributed by atoms with E-state index < -0.39 is 24.6 Å². The third-order valence-electron chi connectivity index (χ3n) is 7.21. The Morgan fingerprint density at radius 1 is 0.718 bits per heavy atom. The zero-order valence-corrected chi connectivity index (χ0v) is 23.3. The molecule has 0 amide bonds. The first kappa shape index (κ1) is 28.3. The summed E-state index contributed by atoms with van der Waals surface area (Å²) in [5.74, 6) is 0. The van der Waals surface area contributed by atoms with E-state index in [1.165, 1.54) is 0 Å². The third-order valence-corrected chi connectivity index (χ3v) is 8.32. The Balaban J connectivity index is 1.25. The molecule has 208 valence electrons. The molecule has 3 aromatic carbocycles. The SMILES string of the molecule is CC1OC(OC2C(C)OC(Sc3ccccc3)CC2OCc2ccccc2)CC(OCc2ccccc2)C1O. The van der Waals surface area contributed by atoms with Gasteiger partial charge in [0.1, 0.15) is 17.6 Å². The van der Waals surface area contributed by atoms with Crippen molar-refractivity contribution in [3.05, 3.63) is 102 Å². The lowest BCUT2D eigenvalue weighted by Gasteiger charge is -2.44. The highest BCUT2D eigenvalue weighted by Gasteiger charge is 2.43. The van der Waals surface area contributed by atoms with Gasteiger partial charge in [-0.3, -0.25) is 0 Å². The minimum Gasteiger partial charge on any atom is -0.388 e. The second-order valence-corrected chi connectivity index (χ2v) is 11.4. The number of thioether (sulfide) groups is 1. The van der Waals surface area contributed by atoms with Crippen molar-refractivity contribution in [2.45, 2.75) is 93.1 Å². The van der Waals surface area contributed by atoms with Crippen LogP contribution < -0.4 is 0 Å². The fourth-order valence-electron chi connectivity index (χ4n) is 5.08. The topological polar surface area (TPSA) is 66.4 Å². The van der Waals surface area contributed by atoms with E-state index in [-0.39, 0.29) is 23.7 Å². The molecule has 2 aliphatic rings. The first-order valence-corrected chi connectivity index (χ1v) is 14.6. The average molecular weight is 551 g/mol. The van der Waals surface area contributed by atoms with Crippen LogP contribution in [0.25, 0.3) is 0 Å². The van der Waals surface area contributed by atoms with Crippen molar-refractivity contribution in [1.82, 2.24) is 0 Å². The number of hydrogen-bond acceptors (Lipinski definition) is 7. The van der Waals surface area contributed by atoms with Crippen LogP contribution in [-0.2, 0) is 36.9 Å². The van der Waals surface area contributed by atoms with Crippen molar-refractivity contribution in [3.8, 4) is 0 Å². The van der Waals surface area contributed by atoms with Crippen molar-refractivity contribution in [3.63, 3.8) is 0 Å². The third kappa shape index (κ3) is 7.92. The largest absolute Gasteiger partial charge is 0.388 e. The molecule has 0 aliphatic carbocycles. The highest BCUT2D eigenvalue weighted by molar-refractivity contribution is 7.99. The maximum Gasteiger partial charge on any atom is 0.161 e. The molecule has 3 aromatic rings. The second kappa shape index (κ2) is 13.9. The number of hydrogen-bond donors (Lipinski definition) is 1. The van der Waals surface area contributed by atoms with Crippen molar-refractivity contribution in [2.75, 3.05) is 0 Å². The van der Waals surface area contributed by atoms with Gasteiger partial charge in [-0.15, -0.1) is 0 Å². The zero-order valence-electron chi connectivity index (χ0n) is 22.5. The molecule has 2 fully saturated rings. The number of aliphatic hydroxyl groups excluding tert-OH is 1. The number of ether oxygens (including phenoxy) is 5. The molecule has 0 spiro atoms. The summed E-state index contributed by atoms with van der Waals surface area (Å²) in [5, 5.41) is 10.8. The zero-order chi connectivity index (χ0) is 27.0. The van der Waals surface area contributed by atoms with E-state index in [2.05, 4.69) is 24.3 Å². The van der Waals surface area contributed by atoms with Crippen molar-refractivity contribution in [1.29, 1.82) is 0 Å². The predicted octanol–water partition coefficient (Wildman–Crippen LogP) is 5.97. The summed E-state index contributed by atoms with van der Waals surface area (Å²) >= 11 is 1.71. The molecule has 1 N–H and O–H groups in total. The Morgan fingerprint density at radius 3 is 1.90 bits per heavy atom. The molecule has 8 atom stereocenters. The number of aliphatic hydroxyl groups is 1. The molecule has 2 aliphatic heterocycles. The van der Waals surface area contributed by atoms with Crippen LogP contribution in [-0.4, -0.2) is 53.5 Å². The average Bonchev–Trinajstić information content (AvgIpc) is 2.96. The summed E-state index contributed by atoms with van der Waals surface area (Å²) in [6.45, 7) is 4.80. The summed E-state index contributed by atoms with van der Waals surface area (Å²) < 4.78 is 31.7. The summed E-state index contributed by atoms with van der Waals surface area (Å²) in [5.41, 5.74) is 2.12. The van der Waals surface area contributed by atoms with E-state index in [1.807, 2.05) is 80.6 Å². The minimum absolute atomic E-state index is 0.0574. The maximum atomic E-state index is 10.8. The maximum absolute atomic E-state index is 10.8. The van der Waals surface area contributed by atoms with Gasteiger partial charge in [0.2, 0.25) is 0 Å². The van der Waals surface area contributed by atoms with Crippen LogP contribution in [0.5, 0.6) is 0 Å². The van der Waals surface area contributed by atoms with Gasteiger partial charge in [-0.1, -0.05) is 90.6 Å². The quantitative estimate of drug-likeness (QED) is 0.334. The van der Waals surface area contributed by atoms with Crippen LogP contribution in [0.1, 0.15) is 37.8 Å². The van der Waals surface area contributed by atoms with Crippen molar-refractivity contribution >= 4 is 11.8 Å². The second-order valence-electron chi connectivity index (χ2n) is 10.2. The van der Waals surface area contributed by atoms with Gasteiger partial charge in [-0.25, -0.2) is 0 Å². The normalized spacial score (nSPS) is 31.2. The van der Waals surface area contributed by atoms with Gasteiger partial charge in [0.25, 0.3) is 0 Å². The van der Waals surface area contributed by atoms with Gasteiger partial charge >= 0.3 is 0 Å². The van der Waals surface area contributed by atoms with Gasteiger partial charge in [-0.2, -0.15) is 0 Å². The Hall–Kier alpha value is -2.23. The molecular formula is C32H38O6S. The van der Waals surface area contributed by atoms with E-state index in [9.17, 15) is 5.11 Å². The predicted molar refractivity (Wildman–Crippen MR) is 151 cm³/mol. The molecule has 0 aromatic heterocycles. The van der Waals surface area contributed by atoms with Crippen LogP contribution in [0.2, 0.25) is 0 Å². The van der Waals surface area contributed by atoms with Crippen LogP contribution in [0.4, 0.5) is 0 Å². The summed E-state index contributed by atoms with van der Waals surface area (Å²) in [4.78, 5) is 1.16. The first-order valence-electron chi connectivity index (χ1n) is 13.7. The van der Waals surface area contributed by atoms with Gasteiger partial charge in [-0.05, 0) is 37.1 Å². The number of benzene rings is 3. The molecule has 2 saturated heterocycles. The highest BCUT2D eigenvalue weighted by Crippen LogP contribution is 2.37. The van der Waals surface area contributed by atoms with Crippen LogP contribution in [0.15, 0.2) is 95.9 Å². The standard InChI is InChI=1S/C32H38O6S/c1-22-31(33)27(34-20-24-12-6-3-7-13-24)18-29(36-22)38-32-23(2)37-30(39-26-16-10-5-11-17-26)19-28(32)35-21-25-14-8-4-9-15-25/h3-17,22-23,27-33H,18-21H2,1-2H3. The molecule has 8 unspecified atom stereocenters. The van der Waals surface area contributed by atoms with Gasteiger partial charge in [0.15, 0.2) is 6.29 Å². The molecule has 5 rings (SSSR count). The Labute approximate surface area is 235 Å². The van der Waals surface area contributed by atoms with Crippen molar-refractivity contribution in [2.24, 2.45) is 0 Å². The fraction of sp³-hybridized carbons (Fsp3) is 0.438. The lowest BCUT2D eigenvalue weighted by molar-refractivity contribution is -0.297. The lowest BCUT2D eigenvalue weighted by Crippen LogP contribution is -2.54. The molecule has 0 saturated carbocycles. The molecule has 0 bridgehead atoms. The van der Waals surface area contributed by atoms with Gasteiger partial charge < -0.3 is 28.8 Å². The molecule has 6 nitrogen and oxygen atoms in total. The molecule has 7 heteroatoms. The minimum atomic E-state index is -0.731. The summed E-state index contributed by atoms with van der Waals surface area (Å²) in [6, 6.07) is 30.4. The van der Waals surface area contributed by atoms with E-state index in [0.717, 1.165) is 16.0 Å². The summed E-state index contributed by atoms with van der Waals surface area (Å²) in [7, 11) is 0. The van der Waals surface area contributed by atoms with Crippen LogP contribution >= 0.6 is 11.8 Å². The Kier molecular flexibility index (Phi) is 10.1. The number of rotatable bonds is 10. The Bertz CT molecular complexity index is 1120. The smallest absolute Gasteiger partial charge is 0.161 e. The van der Waals surface area contributed by atoms with E-state index >= 15 is 0 Å². The van der Waals surface area contributed by atoms with Crippen LogP contribution in [0.3, 0.4) is 0 Å². The molecule has 2 heterocycles.